The second-order valence-electron chi connectivity index (χ2n) is 6.20. The number of hydrogen-bond donors (Lipinski definition) is 3. The molecule has 0 radical (unpaired) electrons. The van der Waals surface area contributed by atoms with Gasteiger partial charge in [0.2, 0.25) is 0 Å². The normalized spacial score (nSPS) is 10.8. The fourth-order valence-corrected chi connectivity index (χ4v) is 3.24. The monoisotopic (exact) mass is 452 g/mol. The Morgan fingerprint density at radius 3 is 2.66 bits per heavy atom. The molecule has 29 heavy (non-hydrogen) atoms. The third-order valence-corrected chi connectivity index (χ3v) is 4.64. The molecule has 0 saturated carbocycles. The zero-order chi connectivity index (χ0) is 20.2. The fraction of sp³-hybridized carbons (Fsp3) is 0.0952. The van der Waals surface area contributed by atoms with Crippen LogP contribution in [0.2, 0.25) is 0 Å². The number of nitrogens with zero attached hydrogens (tertiary/aromatic N) is 2. The number of benzene rings is 2. The summed E-state index contributed by atoms with van der Waals surface area (Å²) in [6, 6.07) is 18.8. The fourth-order valence-electron chi connectivity index (χ4n) is 2.89. The topological polar surface area (TPSA) is 100 Å². The van der Waals surface area contributed by atoms with E-state index >= 15 is 0 Å². The molecule has 0 aliphatic heterocycles. The van der Waals surface area contributed by atoms with E-state index in [1.165, 1.54) is 0 Å². The van der Waals surface area contributed by atoms with Crippen molar-refractivity contribution in [3.63, 3.8) is 0 Å². The molecule has 0 saturated heterocycles. The van der Waals surface area contributed by atoms with Gasteiger partial charge in [0, 0.05) is 18.2 Å². The van der Waals surface area contributed by atoms with E-state index in [1.54, 1.807) is 24.3 Å². The Morgan fingerprint density at radius 2 is 1.90 bits per heavy atom. The number of oxazole rings is 1. The smallest absolute Gasteiger partial charge is 0.295 e. The van der Waals surface area contributed by atoms with Crippen LogP contribution in [0, 0.1) is 0 Å². The van der Waals surface area contributed by atoms with Gasteiger partial charge in [-0.25, -0.2) is 4.98 Å². The quantitative estimate of drug-likeness (QED) is 0.377. The Morgan fingerprint density at radius 1 is 1.07 bits per heavy atom. The number of anilines is 2. The van der Waals surface area contributed by atoms with E-state index < -0.39 is 0 Å². The van der Waals surface area contributed by atoms with Crippen LogP contribution in [0.25, 0.3) is 22.2 Å². The van der Waals surface area contributed by atoms with Gasteiger partial charge in [-0.15, -0.1) is 0 Å². The van der Waals surface area contributed by atoms with Crippen molar-refractivity contribution in [2.24, 2.45) is 0 Å². The maximum Gasteiger partial charge on any atom is 0.295 e. The average Bonchev–Trinajstić information content (AvgIpc) is 3.14. The minimum absolute atomic E-state index is 0.0328. The minimum atomic E-state index is -0.332. The van der Waals surface area contributed by atoms with Gasteiger partial charge in [-0.1, -0.05) is 36.4 Å². The summed E-state index contributed by atoms with van der Waals surface area (Å²) in [6.45, 7) is 0.297. The first kappa shape index (κ1) is 19.1. The largest absolute Gasteiger partial charge is 0.423 e. The molecule has 4 aromatic rings. The molecular formula is C21H17BrN4O3. The number of aliphatic hydroxyl groups is 1. The van der Waals surface area contributed by atoms with E-state index in [0.717, 1.165) is 11.1 Å². The van der Waals surface area contributed by atoms with Crippen LogP contribution >= 0.6 is 15.9 Å². The van der Waals surface area contributed by atoms with Crippen LogP contribution in [-0.4, -0.2) is 34.1 Å². The molecule has 0 aliphatic carbocycles. The highest BCUT2D eigenvalue weighted by molar-refractivity contribution is 9.10. The number of nitrogens with one attached hydrogen (secondary N) is 2. The Bertz CT molecular complexity index is 1160. The van der Waals surface area contributed by atoms with E-state index in [4.69, 9.17) is 9.52 Å². The van der Waals surface area contributed by atoms with Gasteiger partial charge in [-0.2, -0.15) is 4.98 Å². The van der Waals surface area contributed by atoms with Crippen molar-refractivity contribution >= 4 is 44.6 Å². The number of rotatable bonds is 6. The van der Waals surface area contributed by atoms with Crippen molar-refractivity contribution in [2.45, 2.75) is 0 Å². The van der Waals surface area contributed by atoms with Crippen molar-refractivity contribution in [1.29, 1.82) is 0 Å². The molecule has 3 N–H and O–H groups in total. The van der Waals surface area contributed by atoms with Crippen LogP contribution in [-0.2, 0) is 0 Å². The lowest BCUT2D eigenvalue weighted by atomic mass is 10.0. The van der Waals surface area contributed by atoms with Crippen molar-refractivity contribution in [3.8, 4) is 11.1 Å². The maximum atomic E-state index is 12.8. The van der Waals surface area contributed by atoms with Crippen LogP contribution in [0.5, 0.6) is 0 Å². The summed E-state index contributed by atoms with van der Waals surface area (Å²) < 4.78 is 6.28. The van der Waals surface area contributed by atoms with Gasteiger partial charge < -0.3 is 20.2 Å². The molecule has 0 aliphatic rings. The lowest BCUT2D eigenvalue weighted by molar-refractivity contribution is 0.102. The predicted molar refractivity (Wildman–Crippen MR) is 115 cm³/mol. The van der Waals surface area contributed by atoms with E-state index in [2.05, 4.69) is 36.5 Å². The maximum absolute atomic E-state index is 12.8. The highest BCUT2D eigenvalue weighted by Crippen LogP contribution is 2.34. The van der Waals surface area contributed by atoms with E-state index in [1.807, 2.05) is 36.4 Å². The second-order valence-corrected chi connectivity index (χ2v) is 7.01. The van der Waals surface area contributed by atoms with Crippen LogP contribution in [0.4, 0.5) is 11.7 Å². The molecule has 0 atom stereocenters. The van der Waals surface area contributed by atoms with E-state index in [-0.39, 0.29) is 12.5 Å². The van der Waals surface area contributed by atoms with Gasteiger partial charge in [0.15, 0.2) is 5.58 Å². The molecule has 0 bridgehead atoms. The first-order chi connectivity index (χ1) is 14.1. The number of pyridine rings is 1. The molecular weight excluding hydrogens is 436 g/mol. The summed E-state index contributed by atoms with van der Waals surface area (Å²) in [5.41, 5.74) is 3.77. The summed E-state index contributed by atoms with van der Waals surface area (Å²) in [6.07, 6.45) is 0. The molecule has 0 unspecified atom stereocenters. The predicted octanol–water partition coefficient (Wildman–Crippen LogP) is 4.31. The van der Waals surface area contributed by atoms with Gasteiger partial charge in [0.05, 0.1) is 12.3 Å². The standard InChI is InChI=1S/C21H17BrN4O3/c22-19-8-4-7-15(24-19)20(28)25-16-12-18-17(26-21(29-18)23-9-10-27)11-14(16)13-5-2-1-3-6-13/h1-8,11-12,27H,9-10H2,(H,23,26)(H,25,28). The number of hydrogen-bond acceptors (Lipinski definition) is 6. The summed E-state index contributed by atoms with van der Waals surface area (Å²) in [4.78, 5) is 21.4. The van der Waals surface area contributed by atoms with Crippen molar-refractivity contribution < 1.29 is 14.3 Å². The number of halogens is 1. The number of aliphatic hydroxyl groups excluding tert-OH is 1. The Balaban J connectivity index is 1.76. The second kappa shape index (κ2) is 8.42. The van der Waals surface area contributed by atoms with E-state index in [9.17, 15) is 4.79 Å². The summed E-state index contributed by atoms with van der Waals surface area (Å²) in [7, 11) is 0. The van der Waals surface area contributed by atoms with Gasteiger partial charge >= 0.3 is 0 Å². The summed E-state index contributed by atoms with van der Waals surface area (Å²) in [5, 5.41) is 14.8. The van der Waals surface area contributed by atoms with Crippen LogP contribution in [0.15, 0.2) is 69.7 Å². The van der Waals surface area contributed by atoms with Gasteiger partial charge in [-0.3, -0.25) is 4.79 Å². The molecule has 7 nitrogen and oxygen atoms in total. The highest BCUT2D eigenvalue weighted by Gasteiger charge is 2.16. The molecule has 2 aromatic carbocycles. The molecule has 2 heterocycles. The lowest BCUT2D eigenvalue weighted by Gasteiger charge is -2.11. The average molecular weight is 453 g/mol. The molecule has 8 heteroatoms. The first-order valence-corrected chi connectivity index (χ1v) is 9.72. The summed E-state index contributed by atoms with van der Waals surface area (Å²) in [5.74, 6) is -0.332. The minimum Gasteiger partial charge on any atom is -0.423 e. The Labute approximate surface area is 174 Å². The van der Waals surface area contributed by atoms with Crippen molar-refractivity contribution in [2.75, 3.05) is 23.8 Å². The molecule has 0 fully saturated rings. The molecule has 4 rings (SSSR count). The van der Waals surface area contributed by atoms with Gasteiger partial charge in [0.25, 0.3) is 11.9 Å². The van der Waals surface area contributed by atoms with Gasteiger partial charge in [-0.05, 0) is 39.7 Å². The van der Waals surface area contributed by atoms with Crippen molar-refractivity contribution in [1.82, 2.24) is 9.97 Å². The zero-order valence-electron chi connectivity index (χ0n) is 15.2. The van der Waals surface area contributed by atoms with Crippen LogP contribution in [0.3, 0.4) is 0 Å². The van der Waals surface area contributed by atoms with Crippen molar-refractivity contribution in [3.05, 3.63) is 71.0 Å². The van der Waals surface area contributed by atoms with Gasteiger partial charge in [0.1, 0.15) is 15.8 Å². The van der Waals surface area contributed by atoms with E-state index in [0.29, 0.717) is 39.6 Å². The lowest BCUT2D eigenvalue weighted by Crippen LogP contribution is -2.14. The summed E-state index contributed by atoms with van der Waals surface area (Å²) >= 11 is 3.28. The Kier molecular flexibility index (Phi) is 5.55. The molecule has 1 amide bonds. The number of aromatic nitrogens is 2. The highest BCUT2D eigenvalue weighted by atomic mass is 79.9. The van der Waals surface area contributed by atoms with Crippen LogP contribution in [0.1, 0.15) is 10.5 Å². The number of fused-ring (bicyclic) bond motifs is 1. The SMILES string of the molecule is O=C(Nc1cc2oc(NCCO)nc2cc1-c1ccccc1)c1cccc(Br)n1. The molecule has 2 aromatic heterocycles. The number of carbonyl (C=O) groups excluding carboxylic acids is 1. The third kappa shape index (κ3) is 4.28. The Hall–Kier alpha value is -3.23. The third-order valence-electron chi connectivity index (χ3n) is 4.20. The number of amides is 1. The number of carbonyl (C=O) groups is 1. The zero-order valence-corrected chi connectivity index (χ0v) is 16.8. The molecule has 0 spiro atoms. The van der Waals surface area contributed by atoms with Crippen LogP contribution < -0.4 is 10.6 Å². The molecule has 146 valence electrons. The first-order valence-electron chi connectivity index (χ1n) is 8.92.